The minimum Gasteiger partial charge on any atom is -0.346 e. The van der Waals surface area contributed by atoms with Gasteiger partial charge in [-0.1, -0.05) is 0 Å². The van der Waals surface area contributed by atoms with Crippen LogP contribution in [0.25, 0.3) is 0 Å². The van der Waals surface area contributed by atoms with E-state index in [1.807, 2.05) is 12.1 Å². The third-order valence-electron chi connectivity index (χ3n) is 2.14. The van der Waals surface area contributed by atoms with Gasteiger partial charge in [0.15, 0.2) is 0 Å². The average Bonchev–Trinajstić information content (AvgIpc) is 2.39. The van der Waals surface area contributed by atoms with Gasteiger partial charge in [-0.15, -0.1) is 0 Å². The van der Waals surface area contributed by atoms with Crippen LogP contribution in [0.3, 0.4) is 0 Å². The third kappa shape index (κ3) is 3.35. The van der Waals surface area contributed by atoms with Gasteiger partial charge in [-0.05, 0) is 40.2 Å². The number of aromatic nitrogens is 2. The molecule has 0 saturated carbocycles. The highest BCUT2D eigenvalue weighted by Crippen LogP contribution is 2.07. The predicted molar refractivity (Wildman–Crippen MR) is 67.3 cm³/mol. The number of nitrogens with one attached hydrogen (secondary N) is 1. The Labute approximate surface area is 107 Å². The maximum Gasteiger partial charge on any atom is 0.253 e. The molecule has 5 heteroatoms. The normalized spacial score (nSPS) is 9.94. The summed E-state index contributed by atoms with van der Waals surface area (Å²) in [7, 11) is 0. The van der Waals surface area contributed by atoms with Crippen molar-refractivity contribution in [1.82, 2.24) is 15.3 Å². The molecule has 0 aromatic carbocycles. The maximum atomic E-state index is 11.7. The Bertz CT molecular complexity index is 499. The van der Waals surface area contributed by atoms with Crippen LogP contribution in [0.4, 0.5) is 0 Å². The second kappa shape index (κ2) is 5.54. The molecule has 0 aliphatic heterocycles. The number of hydrogen-bond donors (Lipinski definition) is 1. The average molecular weight is 292 g/mol. The first-order chi connectivity index (χ1) is 8.25. The van der Waals surface area contributed by atoms with E-state index in [1.165, 1.54) is 6.20 Å². The molecule has 1 N–H and O–H groups in total. The van der Waals surface area contributed by atoms with Crippen LogP contribution in [0.1, 0.15) is 16.1 Å². The molecular formula is C12H10BrN3O. The number of rotatable bonds is 3. The van der Waals surface area contributed by atoms with Gasteiger partial charge in [0.2, 0.25) is 0 Å². The Morgan fingerprint density at radius 3 is 2.82 bits per heavy atom. The lowest BCUT2D eigenvalue weighted by Gasteiger charge is -2.04. The van der Waals surface area contributed by atoms with Gasteiger partial charge in [0.25, 0.3) is 5.91 Å². The molecule has 2 heterocycles. The van der Waals surface area contributed by atoms with Gasteiger partial charge in [0.1, 0.15) is 0 Å². The number of carbonyl (C=O) groups is 1. The van der Waals surface area contributed by atoms with Gasteiger partial charge < -0.3 is 5.32 Å². The van der Waals surface area contributed by atoms with Crippen molar-refractivity contribution >= 4 is 21.8 Å². The summed E-state index contributed by atoms with van der Waals surface area (Å²) >= 11 is 3.30. The third-order valence-corrected chi connectivity index (χ3v) is 2.61. The minimum absolute atomic E-state index is 0.150. The Hall–Kier alpha value is -1.75. The largest absolute Gasteiger partial charge is 0.346 e. The number of halogens is 1. The second-order valence-corrected chi connectivity index (χ2v) is 4.31. The zero-order valence-corrected chi connectivity index (χ0v) is 10.5. The van der Waals surface area contributed by atoms with E-state index in [2.05, 4.69) is 31.2 Å². The molecule has 2 aromatic heterocycles. The Morgan fingerprint density at radius 1 is 1.29 bits per heavy atom. The van der Waals surface area contributed by atoms with E-state index in [4.69, 9.17) is 0 Å². The van der Waals surface area contributed by atoms with Crippen molar-refractivity contribution in [3.63, 3.8) is 0 Å². The van der Waals surface area contributed by atoms with Crippen LogP contribution in [-0.4, -0.2) is 15.9 Å². The molecular weight excluding hydrogens is 282 g/mol. The number of carbonyl (C=O) groups excluding carboxylic acids is 1. The highest BCUT2D eigenvalue weighted by Gasteiger charge is 2.04. The van der Waals surface area contributed by atoms with Crippen molar-refractivity contribution in [1.29, 1.82) is 0 Å². The first kappa shape index (κ1) is 11.7. The first-order valence-corrected chi connectivity index (χ1v) is 5.83. The van der Waals surface area contributed by atoms with Crippen molar-refractivity contribution in [2.24, 2.45) is 0 Å². The summed E-state index contributed by atoms with van der Waals surface area (Å²) in [6.07, 6.45) is 4.86. The Morgan fingerprint density at radius 2 is 2.18 bits per heavy atom. The molecule has 17 heavy (non-hydrogen) atoms. The summed E-state index contributed by atoms with van der Waals surface area (Å²) < 4.78 is 0.917. The topological polar surface area (TPSA) is 54.9 Å². The van der Waals surface area contributed by atoms with Crippen LogP contribution in [0.5, 0.6) is 0 Å². The van der Waals surface area contributed by atoms with Gasteiger partial charge >= 0.3 is 0 Å². The summed E-state index contributed by atoms with van der Waals surface area (Å²) in [4.78, 5) is 19.8. The highest BCUT2D eigenvalue weighted by atomic mass is 79.9. The van der Waals surface area contributed by atoms with E-state index >= 15 is 0 Å². The zero-order valence-electron chi connectivity index (χ0n) is 8.93. The Balaban J connectivity index is 1.95. The number of hydrogen-bond acceptors (Lipinski definition) is 3. The molecule has 0 aliphatic rings. The molecule has 0 spiro atoms. The van der Waals surface area contributed by atoms with Crippen LogP contribution in [0.15, 0.2) is 47.3 Å². The van der Waals surface area contributed by atoms with Gasteiger partial charge in [0, 0.05) is 23.1 Å². The van der Waals surface area contributed by atoms with E-state index in [9.17, 15) is 4.79 Å². The fraction of sp³-hybridized carbons (Fsp3) is 0.0833. The van der Waals surface area contributed by atoms with Gasteiger partial charge in [-0.25, -0.2) is 0 Å². The smallest absolute Gasteiger partial charge is 0.253 e. The van der Waals surface area contributed by atoms with E-state index in [1.54, 1.807) is 24.5 Å². The minimum atomic E-state index is -0.150. The number of pyridine rings is 2. The summed E-state index contributed by atoms with van der Waals surface area (Å²) in [5.74, 6) is -0.150. The molecule has 0 unspecified atom stereocenters. The molecule has 86 valence electrons. The molecule has 0 fully saturated rings. The van der Waals surface area contributed by atoms with Crippen LogP contribution >= 0.6 is 15.9 Å². The van der Waals surface area contributed by atoms with Crippen molar-refractivity contribution in [3.8, 4) is 0 Å². The molecule has 0 saturated heterocycles. The summed E-state index contributed by atoms with van der Waals surface area (Å²) in [5, 5.41) is 2.78. The first-order valence-electron chi connectivity index (χ1n) is 5.04. The molecule has 0 bridgehead atoms. The molecule has 0 aliphatic carbocycles. The predicted octanol–water partition coefficient (Wildman–Crippen LogP) is 2.17. The summed E-state index contributed by atoms with van der Waals surface area (Å²) in [5.41, 5.74) is 1.36. The van der Waals surface area contributed by atoms with Gasteiger partial charge in [0.05, 0.1) is 17.8 Å². The van der Waals surface area contributed by atoms with Crippen LogP contribution in [0.2, 0.25) is 0 Å². The van der Waals surface area contributed by atoms with Crippen LogP contribution < -0.4 is 5.32 Å². The van der Waals surface area contributed by atoms with Gasteiger partial charge in [-0.3, -0.25) is 14.8 Å². The van der Waals surface area contributed by atoms with Crippen molar-refractivity contribution < 1.29 is 4.79 Å². The van der Waals surface area contributed by atoms with Crippen molar-refractivity contribution in [3.05, 3.63) is 58.6 Å². The lowest BCUT2D eigenvalue weighted by molar-refractivity contribution is 0.0950. The highest BCUT2D eigenvalue weighted by molar-refractivity contribution is 9.10. The molecule has 1 amide bonds. The molecule has 2 aromatic rings. The van der Waals surface area contributed by atoms with Gasteiger partial charge in [-0.2, -0.15) is 0 Å². The summed E-state index contributed by atoms with van der Waals surface area (Å²) in [6.45, 7) is 0.404. The molecule has 0 atom stereocenters. The standard InChI is InChI=1S/C12H10BrN3O/c13-10-3-4-11(15-7-10)8-16-12(17)9-2-1-5-14-6-9/h1-7H,8H2,(H,16,17). The summed E-state index contributed by atoms with van der Waals surface area (Å²) in [6, 6.07) is 7.19. The quantitative estimate of drug-likeness (QED) is 0.943. The molecule has 0 radical (unpaired) electrons. The monoisotopic (exact) mass is 291 g/mol. The van der Waals surface area contributed by atoms with E-state index in [-0.39, 0.29) is 5.91 Å². The zero-order chi connectivity index (χ0) is 12.1. The van der Waals surface area contributed by atoms with Crippen molar-refractivity contribution in [2.75, 3.05) is 0 Å². The number of amides is 1. The number of nitrogens with zero attached hydrogens (tertiary/aromatic N) is 2. The Kier molecular flexibility index (Phi) is 3.82. The van der Waals surface area contributed by atoms with Crippen LogP contribution in [-0.2, 0) is 6.54 Å². The fourth-order valence-corrected chi connectivity index (χ4v) is 1.52. The fourth-order valence-electron chi connectivity index (χ4n) is 1.28. The van der Waals surface area contributed by atoms with E-state index in [0.29, 0.717) is 12.1 Å². The SMILES string of the molecule is O=C(NCc1ccc(Br)cn1)c1cccnc1. The van der Waals surface area contributed by atoms with Crippen molar-refractivity contribution in [2.45, 2.75) is 6.54 Å². The lowest BCUT2D eigenvalue weighted by atomic mass is 10.2. The van der Waals surface area contributed by atoms with E-state index < -0.39 is 0 Å². The lowest BCUT2D eigenvalue weighted by Crippen LogP contribution is -2.23. The molecule has 2 rings (SSSR count). The van der Waals surface area contributed by atoms with Crippen LogP contribution in [0, 0.1) is 0 Å². The second-order valence-electron chi connectivity index (χ2n) is 3.39. The van der Waals surface area contributed by atoms with E-state index in [0.717, 1.165) is 10.2 Å². The molecule has 4 nitrogen and oxygen atoms in total. The maximum absolute atomic E-state index is 11.7.